The molecule has 0 N–H and O–H groups in total. The van der Waals surface area contributed by atoms with Crippen molar-refractivity contribution in [1.82, 2.24) is 4.98 Å². The van der Waals surface area contributed by atoms with E-state index in [1.54, 1.807) is 11.3 Å². The summed E-state index contributed by atoms with van der Waals surface area (Å²) < 4.78 is 1.32. The van der Waals surface area contributed by atoms with Crippen LogP contribution >= 0.6 is 11.3 Å². The van der Waals surface area contributed by atoms with Crippen molar-refractivity contribution >= 4 is 59.4 Å². The van der Waals surface area contributed by atoms with Gasteiger partial charge in [-0.1, -0.05) is 0 Å². The summed E-state index contributed by atoms with van der Waals surface area (Å²) in [7, 11) is 0. The second-order valence-corrected chi connectivity index (χ2v) is 4.76. The van der Waals surface area contributed by atoms with Gasteiger partial charge in [-0.05, 0) is 0 Å². The molecule has 0 saturated carbocycles. The second kappa shape index (κ2) is 2.54. The third kappa shape index (κ3) is 1.40. The Balaban J connectivity index is 3.05. The maximum atomic E-state index is 4.02. The van der Waals surface area contributed by atoms with Gasteiger partial charge in [0.25, 0.3) is 0 Å². The van der Waals surface area contributed by atoms with Crippen LogP contribution in [-0.4, -0.2) is 53.9 Å². The normalized spacial score (nSPS) is 9.00. The first-order valence-electron chi connectivity index (χ1n) is 1.75. The third-order valence-corrected chi connectivity index (χ3v) is 2.77. The Labute approximate surface area is 74.4 Å². The molecule has 0 fully saturated rings. The Morgan fingerprint density at radius 2 is 2.67 bits per heavy atom. The molecule has 0 aliphatic heterocycles. The van der Waals surface area contributed by atoms with Gasteiger partial charge in [-0.2, -0.15) is 0 Å². The fraction of sp³-hybridized carbons (Fsp3) is 0. The van der Waals surface area contributed by atoms with Crippen molar-refractivity contribution in [3.8, 4) is 0 Å². The number of hydrogen-bond acceptors (Lipinski definition) is 2. The quantitative estimate of drug-likeness (QED) is 0.440. The van der Waals surface area contributed by atoms with Gasteiger partial charge in [0.1, 0.15) is 0 Å². The Morgan fingerprint density at radius 3 is 2.83 bits per heavy atom. The van der Waals surface area contributed by atoms with Gasteiger partial charge >= 0.3 is 76.0 Å². The number of nitrogens with zero attached hydrogens (tertiary/aromatic N) is 1. The van der Waals surface area contributed by atoms with Crippen molar-refractivity contribution in [2.45, 2.75) is 0 Å². The van der Waals surface area contributed by atoms with Gasteiger partial charge in [-0.15, -0.1) is 0 Å². The minimum absolute atomic E-state index is 0.793. The predicted octanol–water partition coefficient (Wildman–Crippen LogP) is -0.0631. The number of thiazole rings is 1. The van der Waals surface area contributed by atoms with E-state index >= 15 is 0 Å². The average molecular weight is 123 g/mol. The zero-order valence-corrected chi connectivity index (χ0v) is 7.45. The molecule has 0 spiro atoms. The van der Waals surface area contributed by atoms with Crippen molar-refractivity contribution in [2.24, 2.45) is 0 Å². The van der Waals surface area contributed by atoms with E-state index in [1.165, 1.54) is -0.898 Å². The standard InChI is InChI=1S/C3H2NS.K/c1-2-5-3-4-1;/h1-2H;. The van der Waals surface area contributed by atoms with E-state index in [4.69, 9.17) is 0 Å². The van der Waals surface area contributed by atoms with Crippen LogP contribution in [0.4, 0.5) is 0 Å². The maximum absolute atomic E-state index is 4.02. The van der Waals surface area contributed by atoms with Gasteiger partial charge in [-0.25, -0.2) is 0 Å². The van der Waals surface area contributed by atoms with Gasteiger partial charge in [0.15, 0.2) is 0 Å². The molecule has 0 aliphatic rings. The molecule has 0 amide bonds. The zero-order valence-electron chi connectivity index (χ0n) is 3.51. The van der Waals surface area contributed by atoms with Crippen molar-refractivity contribution in [1.29, 1.82) is 0 Å². The van der Waals surface area contributed by atoms with E-state index in [-0.39, 0.29) is 0 Å². The molecule has 0 radical (unpaired) electrons. The van der Waals surface area contributed by atoms with Crippen LogP contribution in [0.1, 0.15) is 0 Å². The van der Waals surface area contributed by atoms with E-state index in [0.717, 1.165) is 49.0 Å². The molecule has 1 rings (SSSR count). The molecule has 3 heteroatoms. The minimum atomic E-state index is 0.793. The summed E-state index contributed by atoms with van der Waals surface area (Å²) in [5.41, 5.74) is 0. The van der Waals surface area contributed by atoms with Gasteiger partial charge in [0.2, 0.25) is 0 Å². The van der Waals surface area contributed by atoms with Crippen LogP contribution in [0.15, 0.2) is 11.6 Å². The summed E-state index contributed by atoms with van der Waals surface area (Å²) in [6.45, 7) is 0. The van der Waals surface area contributed by atoms with E-state index in [1.807, 2.05) is 11.6 Å². The van der Waals surface area contributed by atoms with Crippen LogP contribution in [-0.2, 0) is 0 Å². The Kier molecular flexibility index (Phi) is 2.29. The summed E-state index contributed by atoms with van der Waals surface area (Å²) in [5, 5.41) is 2.01. The van der Waals surface area contributed by atoms with E-state index in [0.29, 0.717) is 0 Å². The van der Waals surface area contributed by atoms with E-state index in [2.05, 4.69) is 4.98 Å². The number of aromatic nitrogens is 1. The Hall–Kier alpha value is 1.27. The zero-order chi connectivity index (χ0) is 4.41. The molecule has 0 bridgehead atoms. The molecule has 26 valence electrons. The molecule has 0 aliphatic carbocycles. The summed E-state index contributed by atoms with van der Waals surface area (Å²) in [6, 6.07) is 0. The molecular weight excluding hydrogens is 121 g/mol. The van der Waals surface area contributed by atoms with Crippen LogP contribution in [0.2, 0.25) is 0 Å². The molecule has 1 aromatic rings. The molecule has 1 aromatic heterocycles. The fourth-order valence-electron chi connectivity index (χ4n) is 0.295. The third-order valence-electron chi connectivity index (χ3n) is 0.556. The monoisotopic (exact) mass is 123 g/mol. The molecular formula is C3H2KNS. The van der Waals surface area contributed by atoms with Crippen molar-refractivity contribution < 1.29 is 0 Å². The summed E-state index contributed by atoms with van der Waals surface area (Å²) in [6.07, 6.45) is 1.85. The van der Waals surface area contributed by atoms with Crippen molar-refractivity contribution in [2.75, 3.05) is 0 Å². The first kappa shape index (κ1) is 5.40. The predicted molar refractivity (Wildman–Crippen MR) is 27.5 cm³/mol. The summed E-state index contributed by atoms with van der Waals surface area (Å²) in [4.78, 5) is 4.02. The number of rotatable bonds is 0. The molecule has 0 aromatic carbocycles. The van der Waals surface area contributed by atoms with Gasteiger partial charge in [0, 0.05) is 0 Å². The van der Waals surface area contributed by atoms with E-state index < -0.39 is 0 Å². The average Bonchev–Trinajstić information content (AvgIpc) is 1.86. The topological polar surface area (TPSA) is 12.9 Å². The van der Waals surface area contributed by atoms with Crippen LogP contribution in [0.25, 0.3) is 0 Å². The first-order valence-corrected chi connectivity index (χ1v) is 4.20. The van der Waals surface area contributed by atoms with Crippen LogP contribution in [0.5, 0.6) is 0 Å². The molecule has 0 saturated heterocycles. The first-order chi connectivity index (χ1) is 2.89. The Morgan fingerprint density at radius 1 is 1.83 bits per heavy atom. The van der Waals surface area contributed by atoms with Crippen LogP contribution in [0.3, 0.4) is 0 Å². The molecule has 1 nitrogen and oxygen atoms in total. The Bertz CT molecular complexity index is 114. The SMILES string of the molecule is [K][c]1nccs1. The molecule has 6 heavy (non-hydrogen) atoms. The summed E-state index contributed by atoms with van der Waals surface area (Å²) >= 11 is 2.54. The molecule has 0 atom stereocenters. The van der Waals surface area contributed by atoms with Gasteiger partial charge < -0.3 is 0 Å². The van der Waals surface area contributed by atoms with Crippen molar-refractivity contribution in [3.63, 3.8) is 0 Å². The number of hydrogen-bond donors (Lipinski definition) is 0. The van der Waals surface area contributed by atoms with Gasteiger partial charge in [0.05, 0.1) is 0 Å². The summed E-state index contributed by atoms with van der Waals surface area (Å²) in [5.74, 6) is 0. The van der Waals surface area contributed by atoms with Crippen LogP contribution < -0.4 is -0.898 Å². The molecule has 1 heterocycles. The second-order valence-electron chi connectivity index (χ2n) is 1.05. The van der Waals surface area contributed by atoms with Crippen molar-refractivity contribution in [3.05, 3.63) is 11.6 Å². The fourth-order valence-corrected chi connectivity index (χ4v) is 1.61. The van der Waals surface area contributed by atoms with Crippen LogP contribution in [0, 0.1) is 0 Å². The molecule has 0 unspecified atom stereocenters. The van der Waals surface area contributed by atoms with E-state index in [9.17, 15) is 0 Å². The van der Waals surface area contributed by atoms with Gasteiger partial charge in [-0.3, -0.25) is 0 Å².